The average Bonchev–Trinajstić information content (AvgIpc) is 2.31. The van der Waals surface area contributed by atoms with Crippen molar-refractivity contribution in [2.75, 3.05) is 7.05 Å². The van der Waals surface area contributed by atoms with Crippen LogP contribution in [0.2, 0.25) is 0 Å². The van der Waals surface area contributed by atoms with Crippen molar-refractivity contribution in [3.05, 3.63) is 70.3 Å². The van der Waals surface area contributed by atoms with E-state index in [2.05, 4.69) is 11.4 Å². The molecule has 19 heavy (non-hydrogen) atoms. The van der Waals surface area contributed by atoms with Crippen LogP contribution in [0, 0.1) is 25.5 Å². The summed E-state index contributed by atoms with van der Waals surface area (Å²) in [6, 6.07) is 9.46. The maximum Gasteiger partial charge on any atom is 0.126 e. The Morgan fingerprint density at radius 1 is 0.947 bits per heavy atom. The normalized spacial score (nSPS) is 12.5. The summed E-state index contributed by atoms with van der Waals surface area (Å²) in [6.45, 7) is 4.02. The SMILES string of the molecule is CNC(c1cc(F)cc(F)c1)c1ccc(C)cc1C. The third-order valence-corrected chi connectivity index (χ3v) is 3.24. The molecule has 1 N–H and O–H groups in total. The smallest absolute Gasteiger partial charge is 0.126 e. The Kier molecular flexibility index (Phi) is 3.96. The molecular formula is C16H17F2N. The zero-order chi connectivity index (χ0) is 14.0. The second kappa shape index (κ2) is 5.49. The third kappa shape index (κ3) is 2.99. The molecule has 0 aromatic heterocycles. The Hall–Kier alpha value is -1.74. The van der Waals surface area contributed by atoms with Gasteiger partial charge < -0.3 is 5.32 Å². The first-order chi connectivity index (χ1) is 9.01. The minimum atomic E-state index is -0.556. The van der Waals surface area contributed by atoms with Gasteiger partial charge in [-0.05, 0) is 49.7 Å². The van der Waals surface area contributed by atoms with Gasteiger partial charge in [0.05, 0.1) is 6.04 Å². The van der Waals surface area contributed by atoms with E-state index in [0.717, 1.165) is 17.2 Å². The predicted octanol–water partition coefficient (Wildman–Crippen LogP) is 3.89. The van der Waals surface area contributed by atoms with Gasteiger partial charge in [-0.1, -0.05) is 23.8 Å². The highest BCUT2D eigenvalue weighted by Gasteiger charge is 2.16. The number of hydrogen-bond acceptors (Lipinski definition) is 1. The molecule has 2 aromatic carbocycles. The summed E-state index contributed by atoms with van der Waals surface area (Å²) in [5.74, 6) is -1.11. The summed E-state index contributed by atoms with van der Waals surface area (Å²) in [6.07, 6.45) is 0. The molecule has 0 heterocycles. The van der Waals surface area contributed by atoms with Crippen molar-refractivity contribution in [3.63, 3.8) is 0 Å². The highest BCUT2D eigenvalue weighted by Crippen LogP contribution is 2.26. The lowest BCUT2D eigenvalue weighted by atomic mass is 9.94. The Balaban J connectivity index is 2.49. The second-order valence-corrected chi connectivity index (χ2v) is 4.78. The first-order valence-electron chi connectivity index (χ1n) is 6.21. The van der Waals surface area contributed by atoms with Gasteiger partial charge in [0.2, 0.25) is 0 Å². The molecule has 0 bridgehead atoms. The largest absolute Gasteiger partial charge is 0.309 e. The molecule has 2 rings (SSSR count). The summed E-state index contributed by atoms with van der Waals surface area (Å²) in [4.78, 5) is 0. The summed E-state index contributed by atoms with van der Waals surface area (Å²) in [5, 5.41) is 3.12. The minimum absolute atomic E-state index is 0.217. The van der Waals surface area contributed by atoms with Crippen molar-refractivity contribution in [2.45, 2.75) is 19.9 Å². The zero-order valence-electron chi connectivity index (χ0n) is 11.3. The van der Waals surface area contributed by atoms with Crippen LogP contribution >= 0.6 is 0 Å². The van der Waals surface area contributed by atoms with Crippen LogP contribution in [0.1, 0.15) is 28.3 Å². The molecule has 0 saturated carbocycles. The summed E-state index contributed by atoms with van der Waals surface area (Å²) < 4.78 is 26.7. The van der Waals surface area contributed by atoms with E-state index in [-0.39, 0.29) is 6.04 Å². The van der Waals surface area contributed by atoms with Crippen LogP contribution in [0.25, 0.3) is 0 Å². The van der Waals surface area contributed by atoms with Gasteiger partial charge >= 0.3 is 0 Å². The third-order valence-electron chi connectivity index (χ3n) is 3.24. The molecule has 0 amide bonds. The lowest BCUT2D eigenvalue weighted by Crippen LogP contribution is -2.19. The second-order valence-electron chi connectivity index (χ2n) is 4.78. The topological polar surface area (TPSA) is 12.0 Å². The van der Waals surface area contributed by atoms with Crippen molar-refractivity contribution in [2.24, 2.45) is 0 Å². The molecule has 0 radical (unpaired) electrons. The van der Waals surface area contributed by atoms with E-state index in [1.54, 1.807) is 7.05 Å². The fraction of sp³-hybridized carbons (Fsp3) is 0.250. The molecule has 0 spiro atoms. The minimum Gasteiger partial charge on any atom is -0.309 e. The average molecular weight is 261 g/mol. The van der Waals surface area contributed by atoms with Crippen LogP contribution in [0.5, 0.6) is 0 Å². The van der Waals surface area contributed by atoms with Crippen molar-refractivity contribution < 1.29 is 8.78 Å². The van der Waals surface area contributed by atoms with Gasteiger partial charge in [-0.25, -0.2) is 8.78 Å². The van der Waals surface area contributed by atoms with Crippen molar-refractivity contribution in [1.82, 2.24) is 5.32 Å². The van der Waals surface area contributed by atoms with Gasteiger partial charge in [-0.15, -0.1) is 0 Å². The molecule has 3 heteroatoms. The molecular weight excluding hydrogens is 244 g/mol. The van der Waals surface area contributed by atoms with E-state index in [4.69, 9.17) is 0 Å². The van der Waals surface area contributed by atoms with Crippen molar-refractivity contribution in [3.8, 4) is 0 Å². The zero-order valence-corrected chi connectivity index (χ0v) is 11.3. The first kappa shape index (κ1) is 13.7. The molecule has 100 valence electrons. The number of benzene rings is 2. The van der Waals surface area contributed by atoms with Gasteiger partial charge in [0.15, 0.2) is 0 Å². The first-order valence-corrected chi connectivity index (χ1v) is 6.21. The molecule has 0 aliphatic carbocycles. The lowest BCUT2D eigenvalue weighted by molar-refractivity contribution is 0.571. The van der Waals surface area contributed by atoms with Gasteiger partial charge in [-0.3, -0.25) is 0 Å². The maximum atomic E-state index is 13.3. The van der Waals surface area contributed by atoms with Gasteiger partial charge in [0.1, 0.15) is 11.6 Å². The molecule has 2 aromatic rings. The Bertz CT molecular complexity index is 573. The van der Waals surface area contributed by atoms with Gasteiger partial charge in [0.25, 0.3) is 0 Å². The monoisotopic (exact) mass is 261 g/mol. The number of rotatable bonds is 3. The van der Waals surface area contributed by atoms with Crippen LogP contribution in [0.3, 0.4) is 0 Å². The lowest BCUT2D eigenvalue weighted by Gasteiger charge is -2.20. The molecule has 0 fully saturated rings. The fourth-order valence-electron chi connectivity index (χ4n) is 2.39. The van der Waals surface area contributed by atoms with E-state index in [1.165, 1.54) is 17.7 Å². The van der Waals surface area contributed by atoms with Crippen LogP contribution in [-0.4, -0.2) is 7.05 Å². The van der Waals surface area contributed by atoms with E-state index in [1.807, 2.05) is 26.0 Å². The van der Waals surface area contributed by atoms with Crippen LogP contribution in [0.4, 0.5) is 8.78 Å². The molecule has 0 aliphatic rings. The van der Waals surface area contributed by atoms with E-state index in [0.29, 0.717) is 5.56 Å². The highest BCUT2D eigenvalue weighted by atomic mass is 19.1. The van der Waals surface area contributed by atoms with Gasteiger partial charge in [-0.2, -0.15) is 0 Å². The van der Waals surface area contributed by atoms with Gasteiger partial charge in [0, 0.05) is 6.07 Å². The van der Waals surface area contributed by atoms with Crippen molar-refractivity contribution >= 4 is 0 Å². The number of nitrogens with one attached hydrogen (secondary N) is 1. The summed E-state index contributed by atoms with van der Waals surface area (Å²) in [7, 11) is 1.78. The highest BCUT2D eigenvalue weighted by molar-refractivity contribution is 5.39. The van der Waals surface area contributed by atoms with Crippen molar-refractivity contribution in [1.29, 1.82) is 0 Å². The summed E-state index contributed by atoms with van der Waals surface area (Å²) >= 11 is 0. The number of aryl methyl sites for hydroxylation is 2. The molecule has 0 saturated heterocycles. The van der Waals surface area contributed by atoms with E-state index in [9.17, 15) is 8.78 Å². The van der Waals surface area contributed by atoms with Crippen LogP contribution in [0.15, 0.2) is 36.4 Å². The molecule has 0 aliphatic heterocycles. The fourth-order valence-corrected chi connectivity index (χ4v) is 2.39. The summed E-state index contributed by atoms with van der Waals surface area (Å²) in [5.41, 5.74) is 3.88. The maximum absolute atomic E-state index is 13.3. The van der Waals surface area contributed by atoms with Crippen LogP contribution < -0.4 is 5.32 Å². The Morgan fingerprint density at radius 3 is 2.11 bits per heavy atom. The standard InChI is InChI=1S/C16H17F2N/c1-10-4-5-15(11(2)6-10)16(19-3)12-7-13(17)9-14(18)8-12/h4-9,16,19H,1-3H3. The number of halogens is 2. The van der Waals surface area contributed by atoms with Crippen LogP contribution in [-0.2, 0) is 0 Å². The van der Waals surface area contributed by atoms with E-state index >= 15 is 0 Å². The Morgan fingerprint density at radius 2 is 1.58 bits per heavy atom. The predicted molar refractivity (Wildman–Crippen MR) is 73.2 cm³/mol. The Labute approximate surface area is 112 Å². The molecule has 1 unspecified atom stereocenters. The number of hydrogen-bond donors (Lipinski definition) is 1. The molecule has 1 nitrogen and oxygen atoms in total. The quantitative estimate of drug-likeness (QED) is 0.883. The van der Waals surface area contributed by atoms with E-state index < -0.39 is 11.6 Å². The molecule has 1 atom stereocenters.